The molecule has 5 heteroatoms. The maximum Gasteiger partial charge on any atom is 0.224 e. The van der Waals surface area contributed by atoms with Crippen LogP contribution in [0.3, 0.4) is 0 Å². The van der Waals surface area contributed by atoms with Crippen molar-refractivity contribution in [2.45, 2.75) is 44.6 Å². The average Bonchev–Trinajstić information content (AvgIpc) is 2.92. The summed E-state index contributed by atoms with van der Waals surface area (Å²) < 4.78 is 19.1. The van der Waals surface area contributed by atoms with Crippen LogP contribution in [-0.2, 0) is 9.53 Å². The summed E-state index contributed by atoms with van der Waals surface area (Å²) in [7, 11) is 0. The van der Waals surface area contributed by atoms with Crippen molar-refractivity contribution < 1.29 is 13.9 Å². The molecule has 1 amide bonds. The van der Waals surface area contributed by atoms with Crippen LogP contribution < -0.4 is 11.1 Å². The summed E-state index contributed by atoms with van der Waals surface area (Å²) in [4.78, 5) is 11.7. The van der Waals surface area contributed by atoms with Gasteiger partial charge in [0.25, 0.3) is 0 Å². The molecule has 0 spiro atoms. The van der Waals surface area contributed by atoms with E-state index in [1.807, 2.05) is 0 Å². The van der Waals surface area contributed by atoms with Crippen molar-refractivity contribution in [1.29, 1.82) is 0 Å². The third-order valence-corrected chi connectivity index (χ3v) is 3.47. The lowest BCUT2D eigenvalue weighted by atomic mass is 10.2. The van der Waals surface area contributed by atoms with Gasteiger partial charge in [-0.1, -0.05) is 12.8 Å². The minimum atomic E-state index is -0.477. The van der Waals surface area contributed by atoms with Crippen LogP contribution in [0, 0.1) is 5.82 Å². The molecule has 1 fully saturated rings. The SMILES string of the molecule is Nc1ccc(F)c(NC(=O)CCCOC2CCCC2)c1. The number of nitrogens with two attached hydrogens (primary N) is 1. The lowest BCUT2D eigenvalue weighted by Crippen LogP contribution is -2.15. The van der Waals surface area contributed by atoms with Crippen molar-refractivity contribution in [3.63, 3.8) is 0 Å². The van der Waals surface area contributed by atoms with Gasteiger partial charge in [-0.15, -0.1) is 0 Å². The zero-order valence-electron chi connectivity index (χ0n) is 11.5. The highest BCUT2D eigenvalue weighted by atomic mass is 19.1. The molecule has 1 aromatic rings. The Labute approximate surface area is 118 Å². The summed E-state index contributed by atoms with van der Waals surface area (Å²) in [5, 5.41) is 2.53. The third kappa shape index (κ3) is 4.49. The van der Waals surface area contributed by atoms with E-state index in [2.05, 4.69) is 5.32 Å². The molecule has 2 rings (SSSR count). The van der Waals surface area contributed by atoms with Gasteiger partial charge in [0.1, 0.15) is 5.82 Å². The Morgan fingerprint density at radius 3 is 2.90 bits per heavy atom. The van der Waals surface area contributed by atoms with Gasteiger partial charge >= 0.3 is 0 Å². The summed E-state index contributed by atoms with van der Waals surface area (Å²) in [6.45, 7) is 0.581. The Kier molecular flexibility index (Phi) is 5.35. The zero-order valence-corrected chi connectivity index (χ0v) is 11.5. The first-order valence-corrected chi connectivity index (χ1v) is 7.11. The van der Waals surface area contributed by atoms with E-state index in [-0.39, 0.29) is 11.6 Å². The maximum atomic E-state index is 13.4. The number of carbonyl (C=O) groups is 1. The maximum absolute atomic E-state index is 13.4. The van der Waals surface area contributed by atoms with Crippen LogP contribution in [-0.4, -0.2) is 18.6 Å². The van der Waals surface area contributed by atoms with Crippen molar-refractivity contribution in [2.24, 2.45) is 0 Å². The monoisotopic (exact) mass is 280 g/mol. The molecule has 0 heterocycles. The molecule has 0 saturated heterocycles. The van der Waals surface area contributed by atoms with Gasteiger partial charge in [-0.05, 0) is 37.5 Å². The largest absolute Gasteiger partial charge is 0.399 e. The minimum Gasteiger partial charge on any atom is -0.399 e. The van der Waals surface area contributed by atoms with Crippen LogP contribution in [0.4, 0.5) is 15.8 Å². The summed E-state index contributed by atoms with van der Waals surface area (Å²) in [5.41, 5.74) is 6.11. The summed E-state index contributed by atoms with van der Waals surface area (Å²) >= 11 is 0. The predicted molar refractivity (Wildman–Crippen MR) is 76.9 cm³/mol. The molecule has 0 bridgehead atoms. The quantitative estimate of drug-likeness (QED) is 0.621. The molecule has 4 nitrogen and oxygen atoms in total. The van der Waals surface area contributed by atoms with Gasteiger partial charge in [-0.25, -0.2) is 4.39 Å². The Hall–Kier alpha value is -1.62. The average molecular weight is 280 g/mol. The second-order valence-corrected chi connectivity index (χ2v) is 5.17. The van der Waals surface area contributed by atoms with E-state index >= 15 is 0 Å². The van der Waals surface area contributed by atoms with Crippen molar-refractivity contribution in [2.75, 3.05) is 17.7 Å². The number of nitrogens with one attached hydrogen (secondary N) is 1. The molecule has 0 aliphatic heterocycles. The number of nitrogen functional groups attached to an aromatic ring is 1. The Morgan fingerprint density at radius 1 is 1.40 bits per heavy atom. The van der Waals surface area contributed by atoms with Crippen LogP contribution >= 0.6 is 0 Å². The second kappa shape index (κ2) is 7.24. The van der Waals surface area contributed by atoms with E-state index < -0.39 is 5.82 Å². The first kappa shape index (κ1) is 14.8. The highest BCUT2D eigenvalue weighted by molar-refractivity contribution is 5.91. The third-order valence-electron chi connectivity index (χ3n) is 3.47. The van der Waals surface area contributed by atoms with Crippen LogP contribution in [0.1, 0.15) is 38.5 Å². The number of ether oxygens (including phenoxy) is 1. The topological polar surface area (TPSA) is 64.3 Å². The van der Waals surface area contributed by atoms with Crippen LogP contribution in [0.2, 0.25) is 0 Å². The highest BCUT2D eigenvalue weighted by Gasteiger charge is 2.15. The van der Waals surface area contributed by atoms with Crippen molar-refractivity contribution in [1.82, 2.24) is 0 Å². The molecule has 0 aromatic heterocycles. The van der Waals surface area contributed by atoms with Gasteiger partial charge in [-0.3, -0.25) is 4.79 Å². The Bertz CT molecular complexity index is 459. The number of benzene rings is 1. The van der Waals surface area contributed by atoms with Crippen molar-refractivity contribution in [3.05, 3.63) is 24.0 Å². The number of amides is 1. The Morgan fingerprint density at radius 2 is 2.15 bits per heavy atom. The molecule has 0 radical (unpaired) electrons. The summed E-state index contributed by atoms with van der Waals surface area (Å²) in [5.74, 6) is -0.695. The number of carbonyl (C=O) groups excluding carboxylic acids is 1. The fraction of sp³-hybridized carbons (Fsp3) is 0.533. The first-order chi connectivity index (χ1) is 9.65. The normalized spacial score (nSPS) is 15.4. The predicted octanol–water partition coefficient (Wildman–Crippen LogP) is 3.09. The second-order valence-electron chi connectivity index (χ2n) is 5.17. The summed E-state index contributed by atoms with van der Waals surface area (Å²) in [6, 6.07) is 4.12. The van der Waals surface area contributed by atoms with E-state index in [4.69, 9.17) is 10.5 Å². The first-order valence-electron chi connectivity index (χ1n) is 7.11. The van der Waals surface area contributed by atoms with Crippen LogP contribution in [0.25, 0.3) is 0 Å². The molecule has 1 aliphatic carbocycles. The van der Waals surface area contributed by atoms with E-state index in [0.29, 0.717) is 31.2 Å². The molecule has 3 N–H and O–H groups in total. The van der Waals surface area contributed by atoms with Gasteiger partial charge < -0.3 is 15.8 Å². The molecular formula is C15H21FN2O2. The minimum absolute atomic E-state index is 0.131. The van der Waals surface area contributed by atoms with E-state index in [1.54, 1.807) is 0 Å². The molecule has 0 unspecified atom stereocenters. The van der Waals surface area contributed by atoms with Gasteiger partial charge in [0.2, 0.25) is 5.91 Å². The van der Waals surface area contributed by atoms with Crippen molar-refractivity contribution >= 4 is 17.3 Å². The number of hydrogen-bond acceptors (Lipinski definition) is 3. The van der Waals surface area contributed by atoms with Crippen LogP contribution in [0.15, 0.2) is 18.2 Å². The van der Waals surface area contributed by atoms with E-state index in [0.717, 1.165) is 12.8 Å². The molecule has 1 aliphatic rings. The van der Waals surface area contributed by atoms with E-state index in [1.165, 1.54) is 31.0 Å². The Balaban J connectivity index is 1.68. The molecule has 0 atom stereocenters. The number of rotatable bonds is 6. The van der Waals surface area contributed by atoms with Gasteiger partial charge in [0.05, 0.1) is 11.8 Å². The lowest BCUT2D eigenvalue weighted by Gasteiger charge is -2.11. The van der Waals surface area contributed by atoms with E-state index in [9.17, 15) is 9.18 Å². The molecule has 110 valence electrons. The molecule has 1 saturated carbocycles. The molecule has 20 heavy (non-hydrogen) atoms. The number of anilines is 2. The molecular weight excluding hydrogens is 259 g/mol. The smallest absolute Gasteiger partial charge is 0.224 e. The standard InChI is InChI=1S/C15H21FN2O2/c16-13-8-7-11(17)10-14(13)18-15(19)6-3-9-20-12-4-1-2-5-12/h7-8,10,12H,1-6,9,17H2,(H,18,19). The highest BCUT2D eigenvalue weighted by Crippen LogP contribution is 2.21. The van der Waals surface area contributed by atoms with Crippen molar-refractivity contribution in [3.8, 4) is 0 Å². The fourth-order valence-corrected chi connectivity index (χ4v) is 2.39. The van der Waals surface area contributed by atoms with Crippen LogP contribution in [0.5, 0.6) is 0 Å². The molecule has 1 aromatic carbocycles. The number of halogens is 1. The van der Waals surface area contributed by atoms with Gasteiger partial charge in [-0.2, -0.15) is 0 Å². The lowest BCUT2D eigenvalue weighted by molar-refractivity contribution is -0.116. The van der Waals surface area contributed by atoms with Gasteiger partial charge in [0, 0.05) is 18.7 Å². The fourth-order valence-electron chi connectivity index (χ4n) is 2.39. The van der Waals surface area contributed by atoms with Gasteiger partial charge in [0.15, 0.2) is 0 Å². The zero-order chi connectivity index (χ0) is 14.4. The number of hydrogen-bond donors (Lipinski definition) is 2. The summed E-state index contributed by atoms with van der Waals surface area (Å²) in [6.07, 6.45) is 6.05.